The molecule has 0 aromatic heterocycles. The number of rotatable bonds is 6. The van der Waals surface area contributed by atoms with Gasteiger partial charge in [0.2, 0.25) is 5.91 Å². The Morgan fingerprint density at radius 1 is 1.23 bits per heavy atom. The van der Waals surface area contributed by atoms with Crippen LogP contribution in [0.1, 0.15) is 18.1 Å². The van der Waals surface area contributed by atoms with Crippen LogP contribution in [0.15, 0.2) is 58.7 Å². The molecule has 3 rings (SSSR count). The molecule has 1 fully saturated rings. The van der Waals surface area contributed by atoms with Gasteiger partial charge in [-0.3, -0.25) is 4.79 Å². The lowest BCUT2D eigenvalue weighted by atomic mass is 10.1. The van der Waals surface area contributed by atoms with E-state index in [1.165, 1.54) is 11.8 Å². The number of thioether (sulfide) groups is 1. The summed E-state index contributed by atoms with van der Waals surface area (Å²) >= 11 is 7.44. The summed E-state index contributed by atoms with van der Waals surface area (Å²) in [7, 11) is 0. The Labute approximate surface area is 161 Å². The highest BCUT2D eigenvalue weighted by Gasteiger charge is 2.30. The van der Waals surface area contributed by atoms with Gasteiger partial charge in [-0.05, 0) is 37.1 Å². The minimum atomic E-state index is -0.220. The largest absolute Gasteiger partial charge is 0.494 e. The molecule has 1 saturated heterocycles. The lowest BCUT2D eigenvalue weighted by Crippen LogP contribution is -2.25. The van der Waals surface area contributed by atoms with Gasteiger partial charge in [-0.15, -0.1) is 5.10 Å². The molecule has 1 aliphatic rings. The molecule has 0 saturated carbocycles. The van der Waals surface area contributed by atoms with Gasteiger partial charge >= 0.3 is 0 Å². The third-order valence-electron chi connectivity index (χ3n) is 3.68. The van der Waals surface area contributed by atoms with Crippen LogP contribution in [-0.4, -0.2) is 29.1 Å². The number of nitrogens with zero attached hydrogens (tertiary/aromatic N) is 2. The predicted octanol–water partition coefficient (Wildman–Crippen LogP) is 3.90. The first-order valence-electron chi connectivity index (χ1n) is 8.20. The molecule has 0 radical (unpaired) electrons. The van der Waals surface area contributed by atoms with Crippen LogP contribution >= 0.6 is 23.4 Å². The van der Waals surface area contributed by atoms with Crippen molar-refractivity contribution in [3.8, 4) is 5.75 Å². The van der Waals surface area contributed by atoms with Crippen LogP contribution in [-0.2, 0) is 11.2 Å². The molecule has 2 aromatic rings. The highest BCUT2D eigenvalue weighted by molar-refractivity contribution is 8.15. The molecule has 0 bridgehead atoms. The number of hydrogen-bond donors (Lipinski definition) is 1. The second kappa shape index (κ2) is 8.87. The van der Waals surface area contributed by atoms with Crippen LogP contribution in [0.5, 0.6) is 5.75 Å². The molecule has 134 valence electrons. The molecule has 1 aliphatic heterocycles. The quantitative estimate of drug-likeness (QED) is 0.604. The minimum absolute atomic E-state index is 0.0596. The van der Waals surface area contributed by atoms with Crippen molar-refractivity contribution in [3.05, 3.63) is 64.7 Å². The molecule has 1 amide bonds. The van der Waals surface area contributed by atoms with E-state index in [2.05, 4.69) is 15.5 Å². The Balaban J connectivity index is 1.60. The first-order chi connectivity index (χ1) is 12.7. The highest BCUT2D eigenvalue weighted by atomic mass is 35.5. The fraction of sp³-hybridized carbons (Fsp3) is 0.211. The van der Waals surface area contributed by atoms with Gasteiger partial charge in [-0.2, -0.15) is 5.10 Å². The van der Waals surface area contributed by atoms with E-state index in [-0.39, 0.29) is 11.2 Å². The summed E-state index contributed by atoms with van der Waals surface area (Å²) < 4.78 is 5.43. The van der Waals surface area contributed by atoms with Gasteiger partial charge in [-0.25, -0.2) is 0 Å². The third kappa shape index (κ3) is 4.86. The zero-order valence-electron chi connectivity index (χ0n) is 14.2. The van der Waals surface area contributed by atoms with Crippen molar-refractivity contribution in [3.63, 3.8) is 0 Å². The standard InChI is InChI=1S/C19H18ClN3O2S/c1-2-25-15-9-7-13(8-10-15)11-17-18(24)22-19(26-17)23-21-12-14-5-3-4-6-16(14)20/h3-10,12,17H,2,11H2,1H3,(H,22,23,24)/b21-12+. The average molecular weight is 388 g/mol. The number of amidine groups is 1. The summed E-state index contributed by atoms with van der Waals surface area (Å²) in [5, 5.41) is 11.7. The maximum Gasteiger partial charge on any atom is 0.239 e. The molecule has 5 nitrogen and oxygen atoms in total. The smallest absolute Gasteiger partial charge is 0.239 e. The van der Waals surface area contributed by atoms with Crippen molar-refractivity contribution in [2.45, 2.75) is 18.6 Å². The zero-order valence-corrected chi connectivity index (χ0v) is 15.8. The molecule has 26 heavy (non-hydrogen) atoms. The van der Waals surface area contributed by atoms with E-state index in [9.17, 15) is 4.79 Å². The van der Waals surface area contributed by atoms with E-state index in [0.717, 1.165) is 16.9 Å². The van der Waals surface area contributed by atoms with Crippen molar-refractivity contribution in [2.75, 3.05) is 6.61 Å². The molecule has 2 aromatic carbocycles. The summed E-state index contributed by atoms with van der Waals surface area (Å²) in [5.41, 5.74) is 1.85. The number of hydrogen-bond acceptors (Lipinski definition) is 5. The van der Waals surface area contributed by atoms with Crippen molar-refractivity contribution in [1.29, 1.82) is 0 Å². The van der Waals surface area contributed by atoms with Crippen LogP contribution < -0.4 is 10.1 Å². The topological polar surface area (TPSA) is 63.1 Å². The first kappa shape index (κ1) is 18.5. The van der Waals surface area contributed by atoms with Gasteiger partial charge in [0.15, 0.2) is 5.17 Å². The maximum absolute atomic E-state index is 12.1. The Morgan fingerprint density at radius 2 is 2.00 bits per heavy atom. The summed E-state index contributed by atoms with van der Waals surface area (Å²) in [6, 6.07) is 15.1. The van der Waals surface area contributed by atoms with Crippen LogP contribution in [0, 0.1) is 0 Å². The molecule has 1 N–H and O–H groups in total. The molecular weight excluding hydrogens is 370 g/mol. The van der Waals surface area contributed by atoms with Gasteiger partial charge < -0.3 is 10.1 Å². The van der Waals surface area contributed by atoms with Crippen molar-refractivity contribution in [2.24, 2.45) is 10.2 Å². The molecule has 0 aliphatic carbocycles. The Morgan fingerprint density at radius 3 is 2.73 bits per heavy atom. The number of carbonyl (C=O) groups is 1. The fourth-order valence-electron chi connectivity index (χ4n) is 2.41. The van der Waals surface area contributed by atoms with Gasteiger partial charge in [0.1, 0.15) is 5.75 Å². The van der Waals surface area contributed by atoms with Crippen molar-refractivity contribution < 1.29 is 9.53 Å². The lowest BCUT2D eigenvalue weighted by molar-refractivity contribution is -0.118. The predicted molar refractivity (Wildman–Crippen MR) is 107 cm³/mol. The van der Waals surface area contributed by atoms with Gasteiger partial charge in [0.05, 0.1) is 18.1 Å². The van der Waals surface area contributed by atoms with Crippen LogP contribution in [0.3, 0.4) is 0 Å². The van der Waals surface area contributed by atoms with E-state index in [1.54, 1.807) is 12.3 Å². The monoisotopic (exact) mass is 387 g/mol. The van der Waals surface area contributed by atoms with Gasteiger partial charge in [0, 0.05) is 10.6 Å². The van der Waals surface area contributed by atoms with E-state index in [1.807, 2.05) is 49.4 Å². The second-order valence-corrected chi connectivity index (χ2v) is 7.15. The second-order valence-electron chi connectivity index (χ2n) is 5.55. The van der Waals surface area contributed by atoms with E-state index >= 15 is 0 Å². The van der Waals surface area contributed by atoms with E-state index in [0.29, 0.717) is 23.2 Å². The zero-order chi connectivity index (χ0) is 18.4. The fourth-order valence-corrected chi connectivity index (χ4v) is 3.56. The lowest BCUT2D eigenvalue weighted by Gasteiger charge is -2.07. The molecule has 0 spiro atoms. The Bertz CT molecular complexity index is 837. The number of ether oxygens (including phenoxy) is 1. The SMILES string of the molecule is CCOc1ccc(CC2S/C(=N/N=C/c3ccccc3Cl)NC2=O)cc1. The minimum Gasteiger partial charge on any atom is -0.494 e. The Hall–Kier alpha value is -2.31. The number of halogens is 1. The molecule has 1 atom stereocenters. The molecular formula is C19H18ClN3O2S. The number of benzene rings is 2. The molecule has 7 heteroatoms. The van der Waals surface area contributed by atoms with Crippen LogP contribution in [0.4, 0.5) is 0 Å². The summed E-state index contributed by atoms with van der Waals surface area (Å²) in [5.74, 6) is 0.770. The third-order valence-corrected chi connectivity index (χ3v) is 5.10. The maximum atomic E-state index is 12.1. The van der Waals surface area contributed by atoms with E-state index < -0.39 is 0 Å². The molecule has 1 heterocycles. The average Bonchev–Trinajstić information content (AvgIpc) is 2.98. The van der Waals surface area contributed by atoms with Crippen molar-refractivity contribution in [1.82, 2.24) is 5.32 Å². The van der Waals surface area contributed by atoms with Gasteiger partial charge in [-0.1, -0.05) is 53.7 Å². The summed E-state index contributed by atoms with van der Waals surface area (Å²) in [4.78, 5) is 12.1. The number of nitrogens with one attached hydrogen (secondary N) is 1. The summed E-state index contributed by atoms with van der Waals surface area (Å²) in [6.45, 7) is 2.58. The normalized spacial score (nSPS) is 18.5. The highest BCUT2D eigenvalue weighted by Crippen LogP contribution is 2.24. The number of carbonyl (C=O) groups excluding carboxylic acids is 1. The van der Waals surface area contributed by atoms with E-state index in [4.69, 9.17) is 16.3 Å². The van der Waals surface area contributed by atoms with Crippen LogP contribution in [0.2, 0.25) is 5.02 Å². The van der Waals surface area contributed by atoms with Crippen molar-refractivity contribution >= 4 is 40.7 Å². The van der Waals surface area contributed by atoms with Crippen LogP contribution in [0.25, 0.3) is 0 Å². The summed E-state index contributed by atoms with van der Waals surface area (Å²) in [6.07, 6.45) is 2.19. The Kier molecular flexibility index (Phi) is 6.30. The van der Waals surface area contributed by atoms with Gasteiger partial charge in [0.25, 0.3) is 0 Å². The first-order valence-corrected chi connectivity index (χ1v) is 9.46. The number of amides is 1. The molecule has 1 unspecified atom stereocenters.